The van der Waals surface area contributed by atoms with Crippen LogP contribution in [-0.4, -0.2) is 26.2 Å². The molecule has 2 rings (SSSR count). The summed E-state index contributed by atoms with van der Waals surface area (Å²) < 4.78 is 1.80. The number of aryl methyl sites for hydroxylation is 2. The Morgan fingerprint density at radius 1 is 1.28 bits per heavy atom. The van der Waals surface area contributed by atoms with E-state index in [9.17, 15) is 0 Å². The van der Waals surface area contributed by atoms with Crippen LogP contribution in [0.1, 0.15) is 30.8 Å². The molecule has 0 saturated carbocycles. The highest BCUT2D eigenvalue weighted by atomic mass is 15.5. The second-order valence-electron chi connectivity index (χ2n) is 4.83. The summed E-state index contributed by atoms with van der Waals surface area (Å²) in [7, 11) is 0. The summed E-state index contributed by atoms with van der Waals surface area (Å²) >= 11 is 0. The van der Waals surface area contributed by atoms with Crippen molar-refractivity contribution < 1.29 is 0 Å². The first-order valence-electron chi connectivity index (χ1n) is 6.16. The van der Waals surface area contributed by atoms with Crippen molar-refractivity contribution in [2.75, 3.05) is 0 Å². The van der Waals surface area contributed by atoms with Crippen LogP contribution in [-0.2, 0) is 6.54 Å². The molecule has 0 bridgehead atoms. The van der Waals surface area contributed by atoms with Gasteiger partial charge in [-0.2, -0.15) is 4.68 Å². The van der Waals surface area contributed by atoms with Crippen molar-refractivity contribution in [3.8, 4) is 5.69 Å². The van der Waals surface area contributed by atoms with Gasteiger partial charge in [0, 0.05) is 6.04 Å². The predicted molar refractivity (Wildman–Crippen MR) is 70.6 cm³/mol. The summed E-state index contributed by atoms with van der Waals surface area (Å²) in [6.45, 7) is 9.01. The average Bonchev–Trinajstić information content (AvgIpc) is 2.77. The summed E-state index contributed by atoms with van der Waals surface area (Å²) in [4.78, 5) is 0. The van der Waals surface area contributed by atoms with Gasteiger partial charge >= 0.3 is 0 Å². The number of tetrazole rings is 1. The molecule has 0 fully saturated rings. The molecule has 5 nitrogen and oxygen atoms in total. The third-order valence-electron chi connectivity index (χ3n) is 2.80. The van der Waals surface area contributed by atoms with Crippen LogP contribution in [0.25, 0.3) is 5.69 Å². The summed E-state index contributed by atoms with van der Waals surface area (Å²) in [5.74, 6) is 0.831. The molecule has 2 aromatic rings. The van der Waals surface area contributed by atoms with Crippen LogP contribution in [0.4, 0.5) is 0 Å². The molecule has 0 saturated heterocycles. The quantitative estimate of drug-likeness (QED) is 0.892. The molecule has 1 heterocycles. The number of hydrogen-bond donors (Lipinski definition) is 1. The second-order valence-corrected chi connectivity index (χ2v) is 4.83. The molecule has 0 spiro atoms. The normalized spacial score (nSPS) is 11.2. The summed E-state index contributed by atoms with van der Waals surface area (Å²) in [5, 5.41) is 15.3. The Kier molecular flexibility index (Phi) is 3.72. The zero-order chi connectivity index (χ0) is 13.1. The minimum atomic E-state index is 0.411. The van der Waals surface area contributed by atoms with Crippen LogP contribution in [0.5, 0.6) is 0 Å². The third-order valence-corrected chi connectivity index (χ3v) is 2.80. The fourth-order valence-electron chi connectivity index (χ4n) is 1.75. The topological polar surface area (TPSA) is 55.6 Å². The lowest BCUT2D eigenvalue weighted by molar-refractivity contribution is 0.563. The minimum absolute atomic E-state index is 0.411. The number of rotatable bonds is 4. The first kappa shape index (κ1) is 12.7. The van der Waals surface area contributed by atoms with Crippen LogP contribution in [0.3, 0.4) is 0 Å². The molecular formula is C13H19N5. The predicted octanol–water partition coefficient (Wildman–Crippen LogP) is 1.78. The van der Waals surface area contributed by atoms with Gasteiger partial charge in [0.15, 0.2) is 5.82 Å². The maximum atomic E-state index is 4.08. The second kappa shape index (κ2) is 5.27. The fourth-order valence-corrected chi connectivity index (χ4v) is 1.75. The molecule has 0 unspecified atom stereocenters. The van der Waals surface area contributed by atoms with E-state index >= 15 is 0 Å². The van der Waals surface area contributed by atoms with Gasteiger partial charge < -0.3 is 5.32 Å². The van der Waals surface area contributed by atoms with Gasteiger partial charge in [0.25, 0.3) is 0 Å². The van der Waals surface area contributed by atoms with E-state index in [1.807, 2.05) is 0 Å². The van der Waals surface area contributed by atoms with Gasteiger partial charge in [-0.1, -0.05) is 26.0 Å². The average molecular weight is 245 g/mol. The molecular weight excluding hydrogens is 226 g/mol. The monoisotopic (exact) mass is 245 g/mol. The first-order valence-corrected chi connectivity index (χ1v) is 6.16. The molecule has 1 N–H and O–H groups in total. The Balaban J connectivity index is 2.33. The molecule has 18 heavy (non-hydrogen) atoms. The van der Waals surface area contributed by atoms with Crippen molar-refractivity contribution in [3.05, 3.63) is 35.2 Å². The van der Waals surface area contributed by atoms with E-state index in [2.05, 4.69) is 66.7 Å². The highest BCUT2D eigenvalue weighted by Crippen LogP contribution is 2.15. The number of benzene rings is 1. The largest absolute Gasteiger partial charge is 0.308 e. The Morgan fingerprint density at radius 3 is 2.78 bits per heavy atom. The van der Waals surface area contributed by atoms with Crippen molar-refractivity contribution >= 4 is 0 Å². The van der Waals surface area contributed by atoms with E-state index in [-0.39, 0.29) is 0 Å². The molecule has 0 amide bonds. The molecule has 0 aliphatic heterocycles. The van der Waals surface area contributed by atoms with E-state index < -0.39 is 0 Å². The summed E-state index contributed by atoms with van der Waals surface area (Å²) in [6, 6.07) is 6.69. The summed E-state index contributed by atoms with van der Waals surface area (Å²) in [6.07, 6.45) is 0. The Morgan fingerprint density at radius 2 is 2.06 bits per heavy atom. The number of aromatic nitrogens is 4. The summed E-state index contributed by atoms with van der Waals surface area (Å²) in [5.41, 5.74) is 3.41. The van der Waals surface area contributed by atoms with Crippen molar-refractivity contribution in [2.45, 2.75) is 40.3 Å². The Labute approximate surface area is 107 Å². The number of nitrogens with zero attached hydrogens (tertiary/aromatic N) is 4. The first-order chi connectivity index (χ1) is 8.58. The molecule has 0 atom stereocenters. The highest BCUT2D eigenvalue weighted by molar-refractivity contribution is 5.42. The van der Waals surface area contributed by atoms with Crippen LogP contribution in [0.15, 0.2) is 18.2 Å². The van der Waals surface area contributed by atoms with Crippen molar-refractivity contribution in [1.29, 1.82) is 0 Å². The smallest absolute Gasteiger partial charge is 0.170 e. The maximum absolute atomic E-state index is 4.08. The zero-order valence-corrected chi connectivity index (χ0v) is 11.3. The van der Waals surface area contributed by atoms with Gasteiger partial charge in [-0.05, 0) is 41.5 Å². The van der Waals surface area contributed by atoms with Gasteiger partial charge in [0.05, 0.1) is 12.2 Å². The van der Waals surface area contributed by atoms with E-state index in [0.717, 1.165) is 11.5 Å². The molecule has 1 aromatic heterocycles. The molecule has 0 radical (unpaired) electrons. The lowest BCUT2D eigenvalue weighted by Gasteiger charge is -2.10. The number of nitrogens with one attached hydrogen (secondary N) is 1. The molecule has 0 aliphatic rings. The van der Waals surface area contributed by atoms with Gasteiger partial charge in [0.1, 0.15) is 0 Å². The minimum Gasteiger partial charge on any atom is -0.308 e. The molecule has 5 heteroatoms. The lowest BCUT2D eigenvalue weighted by Crippen LogP contribution is -2.24. The lowest BCUT2D eigenvalue weighted by atomic mass is 10.1. The van der Waals surface area contributed by atoms with Gasteiger partial charge in [-0.25, -0.2) is 0 Å². The molecule has 0 aliphatic carbocycles. The van der Waals surface area contributed by atoms with E-state index in [0.29, 0.717) is 12.6 Å². The van der Waals surface area contributed by atoms with Crippen LogP contribution < -0.4 is 5.32 Å². The third kappa shape index (κ3) is 2.73. The van der Waals surface area contributed by atoms with Crippen LogP contribution in [0.2, 0.25) is 0 Å². The Hall–Kier alpha value is -1.75. The fraction of sp³-hybridized carbons (Fsp3) is 0.462. The van der Waals surface area contributed by atoms with Crippen molar-refractivity contribution in [2.24, 2.45) is 0 Å². The van der Waals surface area contributed by atoms with Gasteiger partial charge in [0.2, 0.25) is 0 Å². The maximum Gasteiger partial charge on any atom is 0.170 e. The van der Waals surface area contributed by atoms with Crippen molar-refractivity contribution in [1.82, 2.24) is 25.5 Å². The molecule has 1 aromatic carbocycles. The SMILES string of the molecule is Cc1ccc(C)c(-n2nnnc2CNC(C)C)c1. The van der Waals surface area contributed by atoms with Crippen molar-refractivity contribution in [3.63, 3.8) is 0 Å². The van der Waals surface area contributed by atoms with E-state index in [1.54, 1.807) is 4.68 Å². The Bertz CT molecular complexity index is 530. The highest BCUT2D eigenvalue weighted by Gasteiger charge is 2.10. The van der Waals surface area contributed by atoms with E-state index in [1.165, 1.54) is 11.1 Å². The van der Waals surface area contributed by atoms with Crippen LogP contribution >= 0.6 is 0 Å². The standard InChI is InChI=1S/C13H19N5/c1-9(2)14-8-13-15-16-17-18(13)12-7-10(3)5-6-11(12)4/h5-7,9,14H,8H2,1-4H3. The number of hydrogen-bond acceptors (Lipinski definition) is 4. The van der Waals surface area contributed by atoms with E-state index in [4.69, 9.17) is 0 Å². The van der Waals surface area contributed by atoms with Gasteiger partial charge in [-0.15, -0.1) is 5.10 Å². The van der Waals surface area contributed by atoms with Crippen LogP contribution in [0, 0.1) is 13.8 Å². The molecule has 96 valence electrons. The zero-order valence-electron chi connectivity index (χ0n) is 11.3. The van der Waals surface area contributed by atoms with Gasteiger partial charge in [-0.3, -0.25) is 0 Å².